The highest BCUT2D eigenvalue weighted by Crippen LogP contribution is 2.32. The van der Waals surface area contributed by atoms with Crippen LogP contribution in [-0.4, -0.2) is 46.8 Å². The molecule has 0 unspecified atom stereocenters. The molecule has 1 N–H and O–H groups in total. The van der Waals surface area contributed by atoms with Gasteiger partial charge in [-0.15, -0.1) is 0 Å². The van der Waals surface area contributed by atoms with Crippen LogP contribution in [0.1, 0.15) is 21.6 Å². The highest BCUT2D eigenvalue weighted by Gasteiger charge is 2.30. The van der Waals surface area contributed by atoms with Gasteiger partial charge in [-0.25, -0.2) is 4.98 Å². The van der Waals surface area contributed by atoms with Crippen molar-refractivity contribution in [3.8, 4) is 34.7 Å². The first kappa shape index (κ1) is 19.4. The van der Waals surface area contributed by atoms with Gasteiger partial charge in [0.25, 0.3) is 11.8 Å². The van der Waals surface area contributed by atoms with Gasteiger partial charge in [-0.2, -0.15) is 0 Å². The van der Waals surface area contributed by atoms with Crippen molar-refractivity contribution in [2.45, 2.75) is 6.54 Å². The van der Waals surface area contributed by atoms with Crippen LogP contribution in [0.3, 0.4) is 0 Å². The van der Waals surface area contributed by atoms with E-state index in [1.165, 1.54) is 7.11 Å². The number of aliphatic hydroxyl groups excluding tert-OH is 1. The number of hydrogen-bond donors (Lipinski definition) is 1. The summed E-state index contributed by atoms with van der Waals surface area (Å²) in [5.74, 6) is 6.12. The Kier molecular flexibility index (Phi) is 5.28. The Morgan fingerprint density at radius 1 is 1.17 bits per heavy atom. The van der Waals surface area contributed by atoms with Gasteiger partial charge in [-0.3, -0.25) is 14.8 Å². The topological polar surface area (TPSA) is 97.7 Å². The fourth-order valence-corrected chi connectivity index (χ4v) is 3.21. The van der Waals surface area contributed by atoms with E-state index in [9.17, 15) is 4.79 Å². The highest BCUT2D eigenvalue weighted by molar-refractivity contribution is 6.09. The maximum Gasteiger partial charge on any atom is 0.260 e. The number of ether oxygens (including phenoxy) is 2. The number of carbonyl (C=O) groups excluding carboxylic acids is 1. The SMILES string of the molecule is COc1cc(-c2ccc3c(n2)CN(c2cncc(C#CCO)c2)C3=O)cnc1OC. The molecule has 8 nitrogen and oxygen atoms in total. The van der Waals surface area contributed by atoms with Gasteiger partial charge in [-0.05, 0) is 24.3 Å². The minimum atomic E-state index is -0.240. The Bertz CT molecular complexity index is 1180. The van der Waals surface area contributed by atoms with Gasteiger partial charge in [-0.1, -0.05) is 11.8 Å². The van der Waals surface area contributed by atoms with Crippen LogP contribution in [0.4, 0.5) is 5.69 Å². The Labute approximate surface area is 173 Å². The third-order valence-electron chi connectivity index (χ3n) is 4.63. The smallest absolute Gasteiger partial charge is 0.260 e. The Morgan fingerprint density at radius 3 is 2.80 bits per heavy atom. The van der Waals surface area contributed by atoms with E-state index in [-0.39, 0.29) is 12.5 Å². The zero-order valence-corrected chi connectivity index (χ0v) is 16.4. The standard InChI is InChI=1S/C22H18N4O4/c1-29-20-9-15(11-24-21(20)30-2)18-6-5-17-19(25-18)13-26(22(17)28)16-8-14(4-3-7-27)10-23-12-16/h5-6,8-12,27H,7,13H2,1-2H3. The average Bonchev–Trinajstić information content (AvgIpc) is 3.13. The molecule has 0 fully saturated rings. The van der Waals surface area contributed by atoms with Crippen molar-refractivity contribution in [3.63, 3.8) is 0 Å². The van der Waals surface area contributed by atoms with Gasteiger partial charge in [0.05, 0.1) is 49.6 Å². The molecule has 4 heterocycles. The molecule has 150 valence electrons. The van der Waals surface area contributed by atoms with E-state index in [1.807, 2.05) is 0 Å². The minimum absolute atomic E-state index is 0.149. The summed E-state index contributed by atoms with van der Waals surface area (Å²) >= 11 is 0. The number of pyridine rings is 3. The van der Waals surface area contributed by atoms with Crippen molar-refractivity contribution in [2.75, 3.05) is 25.7 Å². The molecule has 0 aliphatic carbocycles. The van der Waals surface area contributed by atoms with Crippen LogP contribution in [0, 0.1) is 11.8 Å². The fourth-order valence-electron chi connectivity index (χ4n) is 3.21. The van der Waals surface area contributed by atoms with E-state index in [1.54, 1.807) is 54.9 Å². The lowest BCUT2D eigenvalue weighted by Crippen LogP contribution is -2.23. The molecule has 1 aliphatic rings. The second kappa shape index (κ2) is 8.19. The first-order valence-corrected chi connectivity index (χ1v) is 9.09. The normalized spacial score (nSPS) is 12.2. The minimum Gasteiger partial charge on any atom is -0.491 e. The Balaban J connectivity index is 1.65. The summed E-state index contributed by atoms with van der Waals surface area (Å²) in [5, 5.41) is 8.86. The van der Waals surface area contributed by atoms with E-state index in [0.717, 1.165) is 5.56 Å². The van der Waals surface area contributed by atoms with Gasteiger partial charge < -0.3 is 19.5 Å². The van der Waals surface area contributed by atoms with Crippen molar-refractivity contribution in [1.29, 1.82) is 0 Å². The molecule has 3 aromatic heterocycles. The summed E-state index contributed by atoms with van der Waals surface area (Å²) < 4.78 is 10.5. The Hall–Kier alpha value is -3.96. The van der Waals surface area contributed by atoms with E-state index >= 15 is 0 Å². The quantitative estimate of drug-likeness (QED) is 0.667. The lowest BCUT2D eigenvalue weighted by Gasteiger charge is -2.14. The number of methoxy groups -OCH3 is 2. The molecule has 0 saturated heterocycles. The number of nitrogens with zero attached hydrogens (tertiary/aromatic N) is 4. The molecule has 0 radical (unpaired) electrons. The van der Waals surface area contributed by atoms with Crippen LogP contribution in [-0.2, 0) is 6.54 Å². The lowest BCUT2D eigenvalue weighted by atomic mass is 10.1. The molecular weight excluding hydrogens is 384 g/mol. The lowest BCUT2D eigenvalue weighted by molar-refractivity contribution is 0.0996. The Morgan fingerprint density at radius 2 is 2.03 bits per heavy atom. The summed E-state index contributed by atoms with van der Waals surface area (Å²) in [7, 11) is 3.07. The molecule has 0 bridgehead atoms. The number of carbonyl (C=O) groups is 1. The van der Waals surface area contributed by atoms with Gasteiger partial charge in [0, 0.05) is 23.5 Å². The van der Waals surface area contributed by atoms with Crippen LogP contribution in [0.15, 0.2) is 42.9 Å². The molecule has 8 heteroatoms. The van der Waals surface area contributed by atoms with E-state index in [2.05, 4.69) is 26.8 Å². The number of aromatic nitrogens is 3. The number of amides is 1. The maximum absolute atomic E-state index is 12.9. The number of fused-ring (bicyclic) bond motifs is 1. The van der Waals surface area contributed by atoms with E-state index in [0.29, 0.717) is 46.4 Å². The van der Waals surface area contributed by atoms with Crippen LogP contribution in [0.5, 0.6) is 11.6 Å². The summed E-state index contributed by atoms with van der Waals surface area (Å²) in [4.78, 5) is 27.6. The second-order valence-corrected chi connectivity index (χ2v) is 6.41. The second-order valence-electron chi connectivity index (χ2n) is 6.41. The highest BCUT2D eigenvalue weighted by atomic mass is 16.5. The van der Waals surface area contributed by atoms with Crippen molar-refractivity contribution >= 4 is 11.6 Å². The van der Waals surface area contributed by atoms with Gasteiger partial charge in [0.2, 0.25) is 0 Å². The molecule has 3 aromatic rings. The van der Waals surface area contributed by atoms with Crippen molar-refractivity contribution < 1.29 is 19.4 Å². The van der Waals surface area contributed by atoms with Crippen molar-refractivity contribution in [2.24, 2.45) is 0 Å². The zero-order valence-electron chi connectivity index (χ0n) is 16.4. The summed E-state index contributed by atoms with van der Waals surface area (Å²) in [6, 6.07) is 7.10. The molecule has 0 saturated carbocycles. The predicted molar refractivity (Wildman–Crippen MR) is 109 cm³/mol. The van der Waals surface area contributed by atoms with Crippen LogP contribution in [0.2, 0.25) is 0 Å². The molecule has 1 amide bonds. The van der Waals surface area contributed by atoms with E-state index < -0.39 is 0 Å². The summed E-state index contributed by atoms with van der Waals surface area (Å²) in [6.45, 7) is 0.0807. The van der Waals surface area contributed by atoms with Crippen LogP contribution in [0.25, 0.3) is 11.3 Å². The molecule has 30 heavy (non-hydrogen) atoms. The third kappa shape index (κ3) is 3.54. The van der Waals surface area contributed by atoms with E-state index in [4.69, 9.17) is 14.6 Å². The number of rotatable bonds is 4. The van der Waals surface area contributed by atoms with Crippen LogP contribution >= 0.6 is 0 Å². The van der Waals surface area contributed by atoms with Crippen LogP contribution < -0.4 is 14.4 Å². The monoisotopic (exact) mass is 402 g/mol. The third-order valence-corrected chi connectivity index (χ3v) is 4.63. The fraction of sp³-hybridized carbons (Fsp3) is 0.182. The summed E-state index contributed by atoms with van der Waals surface area (Å²) in [6.07, 6.45) is 4.84. The van der Waals surface area contributed by atoms with Crippen molar-refractivity contribution in [3.05, 3.63) is 59.7 Å². The van der Waals surface area contributed by atoms with Gasteiger partial charge in [0.15, 0.2) is 5.75 Å². The number of hydrogen-bond acceptors (Lipinski definition) is 7. The number of aliphatic hydroxyl groups is 1. The van der Waals surface area contributed by atoms with Gasteiger partial charge in [0.1, 0.15) is 6.61 Å². The number of anilines is 1. The molecule has 0 atom stereocenters. The first-order chi connectivity index (χ1) is 14.6. The zero-order chi connectivity index (χ0) is 21.1. The van der Waals surface area contributed by atoms with Gasteiger partial charge >= 0.3 is 0 Å². The molecule has 0 spiro atoms. The largest absolute Gasteiger partial charge is 0.491 e. The molecular formula is C22H18N4O4. The average molecular weight is 402 g/mol. The molecule has 4 rings (SSSR count). The maximum atomic E-state index is 12.9. The first-order valence-electron chi connectivity index (χ1n) is 9.09. The molecule has 1 aliphatic heterocycles. The summed E-state index contributed by atoms with van der Waals surface area (Å²) in [5.41, 5.74) is 3.88. The molecule has 0 aromatic carbocycles. The predicted octanol–water partition coefficient (Wildman–Crippen LogP) is 2.06. The van der Waals surface area contributed by atoms with Crippen molar-refractivity contribution in [1.82, 2.24) is 15.0 Å².